The normalized spacial score (nSPS) is 51.1. The molecule has 5 heteroatoms. The van der Waals surface area contributed by atoms with Gasteiger partial charge in [-0.25, -0.2) is 0 Å². The van der Waals surface area contributed by atoms with E-state index >= 15 is 0 Å². The van der Waals surface area contributed by atoms with E-state index in [2.05, 4.69) is 27.7 Å². The zero-order valence-electron chi connectivity index (χ0n) is 19.8. The number of hydrogen-bond acceptors (Lipinski definition) is 4. The second kappa shape index (κ2) is 8.63. The zero-order chi connectivity index (χ0) is 21.2. The molecule has 166 valence electrons. The van der Waals surface area contributed by atoms with Gasteiger partial charge in [0.1, 0.15) is 0 Å². The summed E-state index contributed by atoms with van der Waals surface area (Å²) in [6.07, 6.45) is 8.74. The molecule has 4 saturated carbocycles. The Balaban J connectivity index is 0.00000256. The van der Waals surface area contributed by atoms with E-state index < -0.39 is 5.97 Å². The van der Waals surface area contributed by atoms with Crippen LogP contribution in [-0.4, -0.2) is 28.4 Å². The molecule has 4 rings (SSSR count). The summed E-state index contributed by atoms with van der Waals surface area (Å²) in [6.45, 7) is 9.53. The first-order valence-corrected chi connectivity index (χ1v) is 12.1. The van der Waals surface area contributed by atoms with E-state index in [0.717, 1.165) is 38.5 Å². The number of aliphatic hydroxyl groups excluding tert-OH is 2. The molecule has 0 heterocycles. The molecular formula is C25H41NaO4. The molecule has 2 N–H and O–H groups in total. The molecule has 4 fully saturated rings. The summed E-state index contributed by atoms with van der Waals surface area (Å²) >= 11 is 0. The van der Waals surface area contributed by atoms with Crippen LogP contribution in [0.1, 0.15) is 91.9 Å². The molecule has 0 aromatic heterocycles. The Morgan fingerprint density at radius 3 is 2.37 bits per heavy atom. The van der Waals surface area contributed by atoms with Crippen molar-refractivity contribution in [2.45, 2.75) is 104 Å². The molecule has 10 atom stereocenters. The zero-order valence-corrected chi connectivity index (χ0v) is 21.8. The Hall–Kier alpha value is 0.390. The van der Waals surface area contributed by atoms with E-state index in [1.54, 1.807) is 0 Å². The molecule has 0 aromatic rings. The Labute approximate surface area is 204 Å². The number of carbonyl (C=O) groups is 1. The van der Waals surface area contributed by atoms with Gasteiger partial charge in [0.2, 0.25) is 0 Å². The maximum absolute atomic E-state index is 11.3. The summed E-state index contributed by atoms with van der Waals surface area (Å²) in [5, 5.41) is 32.6. The Bertz CT molecular complexity index is 655. The molecule has 0 bridgehead atoms. The number of hydrogen-bond donors (Lipinski definition) is 2. The van der Waals surface area contributed by atoms with Crippen LogP contribution in [0.4, 0.5) is 0 Å². The number of rotatable bonds is 4. The first kappa shape index (κ1) is 25.0. The second-order valence-electron chi connectivity index (χ2n) is 11.9. The Kier molecular flexibility index (Phi) is 7.20. The van der Waals surface area contributed by atoms with Gasteiger partial charge in [-0.3, -0.25) is 0 Å². The van der Waals surface area contributed by atoms with E-state index in [-0.39, 0.29) is 64.4 Å². The van der Waals surface area contributed by atoms with Gasteiger partial charge >= 0.3 is 29.6 Å². The third-order valence-corrected chi connectivity index (χ3v) is 11.2. The molecule has 4 aliphatic carbocycles. The van der Waals surface area contributed by atoms with Crippen molar-refractivity contribution in [1.82, 2.24) is 0 Å². The van der Waals surface area contributed by atoms with Gasteiger partial charge < -0.3 is 20.1 Å². The van der Waals surface area contributed by atoms with Gasteiger partial charge in [0.05, 0.1) is 12.2 Å². The fourth-order valence-corrected chi connectivity index (χ4v) is 8.97. The maximum Gasteiger partial charge on any atom is 1.00 e. The second-order valence-corrected chi connectivity index (χ2v) is 11.9. The van der Waals surface area contributed by atoms with Gasteiger partial charge in [0.15, 0.2) is 0 Å². The van der Waals surface area contributed by atoms with Crippen LogP contribution in [0, 0.1) is 45.8 Å². The summed E-state index contributed by atoms with van der Waals surface area (Å²) in [5.41, 5.74) is 0.542. The molecule has 0 aliphatic heterocycles. The first-order valence-electron chi connectivity index (χ1n) is 12.1. The number of aliphatic carboxylic acids is 1. The van der Waals surface area contributed by atoms with E-state index in [1.807, 2.05) is 0 Å². The summed E-state index contributed by atoms with van der Waals surface area (Å²) in [5.74, 6) is 1.30. The van der Waals surface area contributed by atoms with E-state index in [0.29, 0.717) is 36.0 Å². The Morgan fingerprint density at radius 2 is 1.70 bits per heavy atom. The SMILES string of the molecule is C[C@H](CCC(=O)[O-])[C@@]1(C)CC[C@H]2[C@@H]3[C@@H](O)C[C@@H]4C[C@H](O)CC[C@]4(C)[C@H]3CC[C@@]21C.[Na+]. The minimum Gasteiger partial charge on any atom is -0.550 e. The van der Waals surface area contributed by atoms with Crippen molar-refractivity contribution in [3.05, 3.63) is 0 Å². The molecule has 0 saturated heterocycles. The topological polar surface area (TPSA) is 80.6 Å². The van der Waals surface area contributed by atoms with Gasteiger partial charge in [-0.1, -0.05) is 27.7 Å². The van der Waals surface area contributed by atoms with Crippen LogP contribution in [0.2, 0.25) is 0 Å². The summed E-state index contributed by atoms with van der Waals surface area (Å²) in [7, 11) is 0. The van der Waals surface area contributed by atoms with E-state index in [4.69, 9.17) is 0 Å². The van der Waals surface area contributed by atoms with Gasteiger partial charge in [0, 0.05) is 5.97 Å². The molecule has 0 unspecified atom stereocenters. The fraction of sp³-hybridized carbons (Fsp3) is 0.960. The predicted molar refractivity (Wildman–Crippen MR) is 111 cm³/mol. The van der Waals surface area contributed by atoms with E-state index in [9.17, 15) is 20.1 Å². The minimum atomic E-state index is -0.940. The van der Waals surface area contributed by atoms with Crippen LogP contribution < -0.4 is 34.7 Å². The number of carbonyl (C=O) groups excluding carboxylic acids is 1. The molecule has 4 aliphatic rings. The number of fused-ring (bicyclic) bond motifs is 5. The third-order valence-electron chi connectivity index (χ3n) is 11.2. The maximum atomic E-state index is 11.3. The van der Waals surface area contributed by atoms with E-state index in [1.165, 1.54) is 12.8 Å². The largest absolute Gasteiger partial charge is 1.00 e. The first-order chi connectivity index (χ1) is 13.5. The Morgan fingerprint density at radius 1 is 1.03 bits per heavy atom. The monoisotopic (exact) mass is 428 g/mol. The van der Waals surface area contributed by atoms with Crippen LogP contribution in [0.25, 0.3) is 0 Å². The van der Waals surface area contributed by atoms with Crippen molar-refractivity contribution in [3.8, 4) is 0 Å². The molecule has 0 spiro atoms. The number of carboxylic acids is 1. The van der Waals surface area contributed by atoms with Crippen molar-refractivity contribution >= 4 is 5.97 Å². The van der Waals surface area contributed by atoms with Crippen molar-refractivity contribution in [3.63, 3.8) is 0 Å². The minimum absolute atomic E-state index is 0. The van der Waals surface area contributed by atoms with Gasteiger partial charge in [-0.15, -0.1) is 0 Å². The van der Waals surface area contributed by atoms with Crippen LogP contribution in [-0.2, 0) is 4.79 Å². The van der Waals surface area contributed by atoms with Crippen molar-refractivity contribution in [2.24, 2.45) is 45.8 Å². The molecule has 4 nitrogen and oxygen atoms in total. The quantitative estimate of drug-likeness (QED) is 0.641. The average molecular weight is 429 g/mol. The van der Waals surface area contributed by atoms with Crippen molar-refractivity contribution < 1.29 is 49.7 Å². The van der Waals surface area contributed by atoms with Crippen molar-refractivity contribution in [2.75, 3.05) is 0 Å². The number of aliphatic hydroxyl groups is 2. The van der Waals surface area contributed by atoms with Crippen LogP contribution in [0.15, 0.2) is 0 Å². The predicted octanol–water partition coefficient (Wildman–Crippen LogP) is 0.537. The standard InChI is InChI=1S/C25H42O4.Na/c1-15(5-6-21(28)29)24(3)11-9-19-22-18(8-12-25(19,24)4)23(2)10-7-17(26)13-16(23)14-20(22)27;/h15-20,22,26-27H,5-14H2,1-4H3,(H,28,29);/q;+1/p-1/t15-,16+,17-,18+,19+,20+,22-,23+,24-,25+;/m1./s1. The fourth-order valence-electron chi connectivity index (χ4n) is 8.97. The van der Waals surface area contributed by atoms with Gasteiger partial charge in [-0.05, 0) is 110 Å². The summed E-state index contributed by atoms with van der Waals surface area (Å²) in [4.78, 5) is 11.0. The molecule has 0 amide bonds. The molecule has 30 heavy (non-hydrogen) atoms. The summed E-state index contributed by atoms with van der Waals surface area (Å²) < 4.78 is 0. The smallest absolute Gasteiger partial charge is 0.550 e. The van der Waals surface area contributed by atoms with Crippen molar-refractivity contribution in [1.29, 1.82) is 0 Å². The average Bonchev–Trinajstić information content (AvgIpc) is 2.93. The third kappa shape index (κ3) is 3.65. The molecular weight excluding hydrogens is 387 g/mol. The number of carboxylic acid groups (broad SMARTS) is 1. The molecule has 0 aromatic carbocycles. The molecule has 0 radical (unpaired) electrons. The van der Waals surface area contributed by atoms with Gasteiger partial charge in [-0.2, -0.15) is 0 Å². The van der Waals surface area contributed by atoms with Crippen LogP contribution >= 0.6 is 0 Å². The van der Waals surface area contributed by atoms with Crippen LogP contribution in [0.3, 0.4) is 0 Å². The van der Waals surface area contributed by atoms with Gasteiger partial charge in [0.25, 0.3) is 0 Å². The summed E-state index contributed by atoms with van der Waals surface area (Å²) in [6, 6.07) is 0. The van der Waals surface area contributed by atoms with Crippen LogP contribution in [0.5, 0.6) is 0 Å².